The van der Waals surface area contributed by atoms with Gasteiger partial charge in [-0.25, -0.2) is 0 Å². The summed E-state index contributed by atoms with van der Waals surface area (Å²) in [4.78, 5) is 37.9. The van der Waals surface area contributed by atoms with Crippen molar-refractivity contribution in [2.24, 2.45) is 0 Å². The zero-order valence-corrected chi connectivity index (χ0v) is 39.0. The van der Waals surface area contributed by atoms with Crippen LogP contribution in [0.3, 0.4) is 0 Å². The minimum absolute atomic E-state index is 0. The molecule has 8 atom stereocenters. The van der Waals surface area contributed by atoms with Gasteiger partial charge in [-0.15, -0.1) is 0 Å². The maximum absolute atomic E-state index is 12.7. The van der Waals surface area contributed by atoms with E-state index in [1.54, 1.807) is 0 Å². The van der Waals surface area contributed by atoms with Gasteiger partial charge in [-0.1, -0.05) is 147 Å². The Bertz CT molecular complexity index is 1110. The molecule has 0 radical (unpaired) electrons. The summed E-state index contributed by atoms with van der Waals surface area (Å²) in [5.41, 5.74) is 0. The summed E-state index contributed by atoms with van der Waals surface area (Å²) in [5, 5.41) is 49.9. The Hall–Kier alpha value is -0.670. The van der Waals surface area contributed by atoms with E-state index >= 15 is 0 Å². The molecule has 0 aliphatic heterocycles. The smallest absolute Gasteiger partial charge is 0.756 e. The average Bonchev–Trinajstić information content (AvgIpc) is 3.19. The van der Waals surface area contributed by atoms with Gasteiger partial charge in [0, 0.05) is 12.8 Å². The monoisotopic (exact) mass is 857 g/mol. The predicted octanol–water partition coefficient (Wildman–Crippen LogP) is 4.43. The van der Waals surface area contributed by atoms with Crippen LogP contribution in [0.5, 0.6) is 0 Å². The first-order chi connectivity index (χ1) is 27.4. The maximum Gasteiger partial charge on any atom is 1.00 e. The Morgan fingerprint density at radius 1 is 0.569 bits per heavy atom. The van der Waals surface area contributed by atoms with Crippen molar-refractivity contribution < 1.29 is 92.7 Å². The van der Waals surface area contributed by atoms with Crippen LogP contribution in [-0.2, 0) is 32.7 Å². The second-order valence-corrected chi connectivity index (χ2v) is 16.9. The van der Waals surface area contributed by atoms with E-state index in [9.17, 15) is 44.6 Å². The van der Waals surface area contributed by atoms with Gasteiger partial charge < -0.3 is 48.9 Å². The first-order valence-corrected chi connectivity index (χ1v) is 23.6. The molecule has 13 nitrogen and oxygen atoms in total. The topological polar surface area (TPSA) is 212 Å². The van der Waals surface area contributed by atoms with E-state index in [0.29, 0.717) is 12.8 Å². The van der Waals surface area contributed by atoms with Gasteiger partial charge in [-0.2, -0.15) is 0 Å². The van der Waals surface area contributed by atoms with Crippen molar-refractivity contribution in [3.8, 4) is 0 Å². The van der Waals surface area contributed by atoms with E-state index in [0.717, 1.165) is 64.2 Å². The van der Waals surface area contributed by atoms with Crippen molar-refractivity contribution in [1.82, 2.24) is 0 Å². The summed E-state index contributed by atoms with van der Waals surface area (Å²) >= 11 is 0. The molecule has 0 aromatic heterocycles. The van der Waals surface area contributed by atoms with Crippen LogP contribution >= 0.6 is 7.82 Å². The van der Waals surface area contributed by atoms with Crippen LogP contribution in [0.15, 0.2) is 24.3 Å². The van der Waals surface area contributed by atoms with E-state index in [1.807, 2.05) is 0 Å². The summed E-state index contributed by atoms with van der Waals surface area (Å²) in [6.45, 7) is 3.16. The molecule has 1 rings (SSSR count). The number of carbonyl (C=O) groups is 2. The second kappa shape index (κ2) is 36.9. The summed E-state index contributed by atoms with van der Waals surface area (Å²) in [6, 6.07) is 0. The number of carbonyl (C=O) groups excluding carboxylic acids is 2. The molecule has 0 heterocycles. The van der Waals surface area contributed by atoms with Crippen LogP contribution in [0.2, 0.25) is 0 Å². The number of aliphatic hydroxyl groups excluding tert-OH is 5. The van der Waals surface area contributed by atoms with Crippen molar-refractivity contribution in [1.29, 1.82) is 0 Å². The molecule has 15 heteroatoms. The Morgan fingerprint density at radius 3 is 1.47 bits per heavy atom. The molecule has 1 aliphatic carbocycles. The second-order valence-electron chi connectivity index (χ2n) is 15.5. The number of aliphatic hydroxyl groups is 5. The molecular formula is C43H78NaO13P. The fraction of sp³-hybridized carbons (Fsp3) is 0.860. The summed E-state index contributed by atoms with van der Waals surface area (Å²) in [6.07, 6.45) is 21.9. The predicted molar refractivity (Wildman–Crippen MR) is 219 cm³/mol. The largest absolute Gasteiger partial charge is 1.00 e. The van der Waals surface area contributed by atoms with Gasteiger partial charge in [0.25, 0.3) is 7.82 Å². The molecule has 1 aliphatic rings. The molecular weight excluding hydrogens is 778 g/mol. The third kappa shape index (κ3) is 28.8. The van der Waals surface area contributed by atoms with E-state index in [-0.39, 0.29) is 42.4 Å². The molecule has 0 spiro atoms. The molecule has 0 bridgehead atoms. The third-order valence-electron chi connectivity index (χ3n) is 10.3. The molecule has 5 N–H and O–H groups in total. The Kier molecular flexibility index (Phi) is 36.5. The van der Waals surface area contributed by atoms with Gasteiger partial charge in [0.2, 0.25) is 0 Å². The number of rotatable bonds is 36. The van der Waals surface area contributed by atoms with Crippen LogP contribution < -0.4 is 34.5 Å². The number of phosphoric ester groups is 1. The van der Waals surface area contributed by atoms with Crippen LogP contribution in [0, 0.1) is 0 Å². The average molecular weight is 857 g/mol. The number of hydrogen-bond acceptors (Lipinski definition) is 13. The zero-order valence-electron chi connectivity index (χ0n) is 36.1. The van der Waals surface area contributed by atoms with Crippen LogP contribution in [0.25, 0.3) is 0 Å². The molecule has 1 saturated carbocycles. The first-order valence-electron chi connectivity index (χ1n) is 22.1. The number of ether oxygens (including phenoxy) is 2. The number of allylic oxidation sites excluding steroid dienone is 4. The maximum atomic E-state index is 12.7. The van der Waals surface area contributed by atoms with Crippen LogP contribution in [-0.4, -0.2) is 93.4 Å². The number of phosphoric acid groups is 1. The molecule has 334 valence electrons. The van der Waals surface area contributed by atoms with E-state index in [2.05, 4.69) is 38.2 Å². The number of unbranched alkanes of at least 4 members (excludes halogenated alkanes) is 20. The summed E-state index contributed by atoms with van der Waals surface area (Å²) in [5.74, 6) is -1.15. The van der Waals surface area contributed by atoms with Crippen molar-refractivity contribution in [3.63, 3.8) is 0 Å². The molecule has 3 unspecified atom stereocenters. The van der Waals surface area contributed by atoms with E-state index in [4.69, 9.17) is 18.5 Å². The molecule has 0 aromatic carbocycles. The Balaban J connectivity index is 0.0000325. The van der Waals surface area contributed by atoms with Crippen molar-refractivity contribution in [2.45, 2.75) is 224 Å². The van der Waals surface area contributed by atoms with Gasteiger partial charge in [0.1, 0.15) is 43.2 Å². The Morgan fingerprint density at radius 2 is 0.966 bits per heavy atom. The molecule has 0 amide bonds. The molecule has 58 heavy (non-hydrogen) atoms. The standard InChI is InChI=1S/C43H79O13P.Na/c1-3-5-7-9-11-13-15-17-18-20-22-24-26-28-30-32-37(45)55-35(34-54-57(51,52)56-43-41(49)39(47)38(46)40(48)42(43)50)33-53-36(44)31-29-27-25-23-21-19-16-14-12-10-8-6-4-2;/h11,13,17-18,35,38-43,46-50H,3-10,12,14-16,19-34H2,1-2H3,(H,51,52);/q;+1/p-1/b13-11-,18-17-;/t35-,38?,39-,40+,41-,42-,43?;/m1./s1. The number of esters is 2. The third-order valence-corrected chi connectivity index (χ3v) is 11.3. The summed E-state index contributed by atoms with van der Waals surface area (Å²) < 4.78 is 33.1. The fourth-order valence-electron chi connectivity index (χ4n) is 6.66. The quantitative estimate of drug-likeness (QED) is 0.0194. The van der Waals surface area contributed by atoms with E-state index in [1.165, 1.54) is 77.0 Å². The minimum atomic E-state index is -5.36. The van der Waals surface area contributed by atoms with Crippen molar-refractivity contribution >= 4 is 19.8 Å². The molecule has 0 aromatic rings. The van der Waals surface area contributed by atoms with Gasteiger partial charge in [-0.3, -0.25) is 14.2 Å². The van der Waals surface area contributed by atoms with E-state index < -0.39 is 75.7 Å². The van der Waals surface area contributed by atoms with Crippen molar-refractivity contribution in [2.75, 3.05) is 13.2 Å². The normalized spacial score (nSPS) is 22.5. The number of hydrogen-bond donors (Lipinski definition) is 5. The molecule has 0 saturated heterocycles. The summed E-state index contributed by atoms with van der Waals surface area (Å²) in [7, 11) is -5.36. The van der Waals surface area contributed by atoms with Gasteiger partial charge in [-0.05, 0) is 44.9 Å². The van der Waals surface area contributed by atoms with Crippen molar-refractivity contribution in [3.05, 3.63) is 24.3 Å². The molecule has 1 fully saturated rings. The zero-order chi connectivity index (χ0) is 42.2. The fourth-order valence-corrected chi connectivity index (χ4v) is 7.62. The SMILES string of the molecule is CCCCC/C=C\C/C=C\CCCCCCCC(=O)O[C@H](COC(=O)CCCCCCCCCCCCCCC)COP(=O)([O-])OC1[C@H](O)[C@H](O)C(O)[C@H](O)[C@H]1O.[Na+]. The van der Waals surface area contributed by atoms with Crippen LogP contribution in [0.4, 0.5) is 0 Å². The van der Waals surface area contributed by atoms with Gasteiger partial charge >= 0.3 is 41.5 Å². The Labute approximate surface area is 371 Å². The minimum Gasteiger partial charge on any atom is -0.756 e. The van der Waals surface area contributed by atoms with Crippen LogP contribution in [0.1, 0.15) is 181 Å². The van der Waals surface area contributed by atoms with Gasteiger partial charge in [0.05, 0.1) is 6.61 Å². The van der Waals surface area contributed by atoms with Gasteiger partial charge in [0.15, 0.2) is 6.10 Å². The first kappa shape index (κ1) is 57.3.